The van der Waals surface area contributed by atoms with Crippen LogP contribution >= 0.6 is 23.2 Å². The van der Waals surface area contributed by atoms with Crippen LogP contribution in [-0.2, 0) is 17.6 Å². The monoisotopic (exact) mass is 1070 g/mol. The van der Waals surface area contributed by atoms with Gasteiger partial charge in [-0.15, -0.1) is 0 Å². The fraction of sp³-hybridized carbons (Fsp3) is 0.393. The van der Waals surface area contributed by atoms with E-state index in [9.17, 15) is 38.2 Å². The summed E-state index contributed by atoms with van der Waals surface area (Å²) in [5.41, 5.74) is 3.65. The smallest absolute Gasteiger partial charge is 0.347 e. The lowest BCUT2D eigenvalue weighted by molar-refractivity contribution is 0.0520. The van der Waals surface area contributed by atoms with E-state index in [1.807, 2.05) is 52.0 Å². The Bertz CT molecular complexity index is 3130. The van der Waals surface area contributed by atoms with E-state index in [0.717, 1.165) is 56.3 Å². The van der Waals surface area contributed by atoms with E-state index >= 15 is 0 Å². The van der Waals surface area contributed by atoms with Gasteiger partial charge in [-0.2, -0.15) is 0 Å². The molecule has 400 valence electrons. The predicted octanol–water partition coefficient (Wildman–Crippen LogP) is 10.8. The van der Waals surface area contributed by atoms with Crippen molar-refractivity contribution in [1.29, 1.82) is 0 Å². The summed E-state index contributed by atoms with van der Waals surface area (Å²) in [5, 5.41) is 26.0. The van der Waals surface area contributed by atoms with Gasteiger partial charge in [0.1, 0.15) is 40.2 Å². The van der Waals surface area contributed by atoms with Gasteiger partial charge in [0.05, 0.1) is 42.3 Å². The highest BCUT2D eigenvalue weighted by atomic mass is 35.5. The van der Waals surface area contributed by atoms with Crippen LogP contribution < -0.4 is 25.9 Å². The first-order valence-electron chi connectivity index (χ1n) is 25.0. The molecule has 0 aliphatic carbocycles. The highest BCUT2D eigenvalue weighted by molar-refractivity contribution is 6.30. The summed E-state index contributed by atoms with van der Waals surface area (Å²) in [6.07, 6.45) is 8.81. The zero-order chi connectivity index (χ0) is 54.5. The summed E-state index contributed by atoms with van der Waals surface area (Å²) in [6.45, 7) is 11.8. The van der Waals surface area contributed by atoms with E-state index < -0.39 is 28.8 Å². The normalized spacial score (nSPS) is 14.9. The number of halogens is 4. The van der Waals surface area contributed by atoms with Crippen molar-refractivity contribution in [2.24, 2.45) is 0 Å². The first kappa shape index (κ1) is 57.5. The molecular formula is C56H64Cl2F2N6O9. The van der Waals surface area contributed by atoms with E-state index in [4.69, 9.17) is 37.4 Å². The van der Waals surface area contributed by atoms with E-state index in [1.165, 1.54) is 36.5 Å². The van der Waals surface area contributed by atoms with Crippen molar-refractivity contribution in [1.82, 2.24) is 30.2 Å². The summed E-state index contributed by atoms with van der Waals surface area (Å²) in [7, 11) is 3.08. The van der Waals surface area contributed by atoms with Crippen molar-refractivity contribution in [3.8, 4) is 45.3 Å². The van der Waals surface area contributed by atoms with Crippen LogP contribution in [0.2, 0.25) is 10.0 Å². The maximum Gasteiger partial charge on any atom is 0.347 e. The van der Waals surface area contributed by atoms with Crippen LogP contribution in [0.1, 0.15) is 126 Å². The second-order valence-corrected chi connectivity index (χ2v) is 19.1. The third-order valence-electron chi connectivity index (χ3n) is 13.2. The highest BCUT2D eigenvalue weighted by Crippen LogP contribution is 2.43. The van der Waals surface area contributed by atoms with Crippen LogP contribution in [0.4, 0.5) is 8.78 Å². The maximum atomic E-state index is 14.4. The van der Waals surface area contributed by atoms with E-state index in [1.54, 1.807) is 26.2 Å². The topological polar surface area (TPSA) is 209 Å². The average molecular weight is 1070 g/mol. The first-order valence-corrected chi connectivity index (χ1v) is 25.8. The SMILES string of the molecule is CCCCc1[nH]c(=O)c(C(=O)N2CCC(c3ncc(Cl)cc3F)C2)c(O)c1-c1c(C)cccc1OC.CCCCc1[nH]c(=O)c(C(=O)OCC)c(O)c1-c1c(C)cccc1OC.Fc1cc(Cl)cnc1C1CCNC1. The number of ether oxygens (including phenoxy) is 3. The van der Waals surface area contributed by atoms with Crippen molar-refractivity contribution >= 4 is 35.1 Å². The van der Waals surface area contributed by atoms with Gasteiger partial charge in [-0.25, -0.2) is 13.6 Å². The van der Waals surface area contributed by atoms with Crippen LogP contribution in [0, 0.1) is 25.5 Å². The first-order chi connectivity index (χ1) is 36.0. The molecule has 0 saturated carbocycles. The minimum atomic E-state index is -0.845. The largest absolute Gasteiger partial charge is 0.506 e. The second kappa shape index (κ2) is 26.6. The Morgan fingerprint density at radius 2 is 1.23 bits per heavy atom. The molecule has 15 nitrogen and oxygen atoms in total. The average Bonchev–Trinajstić information content (AvgIpc) is 4.10. The molecule has 2 aliphatic heterocycles. The van der Waals surface area contributed by atoms with E-state index in [-0.39, 0.29) is 64.1 Å². The van der Waals surface area contributed by atoms with Gasteiger partial charge in [-0.05, 0) is 101 Å². The molecule has 2 saturated heterocycles. The Morgan fingerprint density at radius 1 is 0.733 bits per heavy atom. The molecule has 6 heterocycles. The molecular weight excluding hydrogens is 1010 g/mol. The molecule has 1 amide bonds. The number of esters is 1. The van der Waals surface area contributed by atoms with Crippen molar-refractivity contribution in [2.45, 2.75) is 97.8 Å². The lowest BCUT2D eigenvalue weighted by atomic mass is 9.93. The number of likely N-dealkylation sites (tertiary alicyclic amines) is 1. The number of methoxy groups -OCH3 is 2. The number of hydrogen-bond acceptors (Lipinski definition) is 12. The lowest BCUT2D eigenvalue weighted by Gasteiger charge is -2.21. The molecule has 2 unspecified atom stereocenters. The van der Waals surface area contributed by atoms with Crippen molar-refractivity contribution in [3.63, 3.8) is 0 Å². The number of rotatable bonds is 15. The van der Waals surface area contributed by atoms with Gasteiger partial charge in [-0.3, -0.25) is 24.4 Å². The Kier molecular flexibility index (Phi) is 20.4. The zero-order valence-corrected chi connectivity index (χ0v) is 44.7. The number of amides is 1. The van der Waals surface area contributed by atoms with Crippen LogP contribution in [0.25, 0.3) is 22.3 Å². The van der Waals surface area contributed by atoms with Crippen molar-refractivity contribution < 1.29 is 42.8 Å². The van der Waals surface area contributed by atoms with Crippen LogP contribution in [0.15, 0.2) is 70.5 Å². The number of unbranched alkanes of at least 4 members (excludes halogenated alkanes) is 2. The predicted molar refractivity (Wildman–Crippen MR) is 286 cm³/mol. The summed E-state index contributed by atoms with van der Waals surface area (Å²) >= 11 is 11.4. The molecule has 8 rings (SSSR count). The number of benzene rings is 2. The molecule has 5 N–H and O–H groups in total. The minimum Gasteiger partial charge on any atom is -0.506 e. The summed E-state index contributed by atoms with van der Waals surface area (Å²) < 4.78 is 43.7. The standard InChI is InChI=1S/C27H29ClFN3O4.C20H25NO5.C9H10ClFN2/c1-4-5-8-19-22(21-15(2)7-6-9-20(21)36-3)25(33)23(26(34)31-19)27(35)32-11-10-16(14-32)24-18(29)12-17(28)13-30-24;1-5-7-10-13-16(15-12(3)9-8-11-14(15)25-4)18(22)17(19(23)21-13)20(24)26-6-2;10-7-3-8(11)9(13-5-7)6-1-2-12-4-6/h6-7,9,12-13,16H,4-5,8,10-11,14H2,1-3H3,(H2,31,33,34);8-9,11H,5-7,10H2,1-4H3,(H2,21,22,23);3,5-6,12H,1-2,4H2. The third kappa shape index (κ3) is 13.4. The van der Waals surface area contributed by atoms with Crippen molar-refractivity contribution in [2.75, 3.05) is 47.0 Å². The van der Waals surface area contributed by atoms with Crippen LogP contribution in [0.3, 0.4) is 0 Å². The van der Waals surface area contributed by atoms with Gasteiger partial charge >= 0.3 is 5.97 Å². The number of pyridine rings is 4. The number of aryl methyl sites for hydroxylation is 4. The fourth-order valence-electron chi connectivity index (χ4n) is 9.41. The minimum absolute atomic E-state index is 0.109. The van der Waals surface area contributed by atoms with Crippen LogP contribution in [0.5, 0.6) is 23.0 Å². The number of aromatic nitrogens is 4. The van der Waals surface area contributed by atoms with Gasteiger partial charge in [0.2, 0.25) is 0 Å². The fourth-order valence-corrected chi connectivity index (χ4v) is 9.70. The molecule has 6 aromatic rings. The number of aromatic hydroxyl groups is 2. The molecule has 4 aromatic heterocycles. The van der Waals surface area contributed by atoms with Gasteiger partial charge < -0.3 is 44.6 Å². The number of hydrogen-bond donors (Lipinski definition) is 5. The molecule has 0 spiro atoms. The maximum absolute atomic E-state index is 14.4. The molecule has 0 radical (unpaired) electrons. The second-order valence-electron chi connectivity index (χ2n) is 18.3. The number of carbonyl (C=O) groups excluding carboxylic acids is 2. The molecule has 0 bridgehead atoms. The number of nitrogens with one attached hydrogen (secondary N) is 3. The van der Waals surface area contributed by atoms with Gasteiger partial charge in [0, 0.05) is 77.5 Å². The number of nitrogens with zero attached hydrogens (tertiary/aromatic N) is 3. The van der Waals surface area contributed by atoms with Crippen LogP contribution in [-0.4, -0.2) is 93.9 Å². The third-order valence-corrected chi connectivity index (χ3v) is 13.6. The van der Waals surface area contributed by atoms with Gasteiger partial charge in [0.15, 0.2) is 5.56 Å². The molecule has 2 aliphatic rings. The number of aromatic amines is 2. The number of carbonyl (C=O) groups is 2. The molecule has 2 atom stereocenters. The van der Waals surface area contributed by atoms with E-state index in [2.05, 4.69) is 25.3 Å². The van der Waals surface area contributed by atoms with Gasteiger partial charge in [-0.1, -0.05) is 74.2 Å². The Hall–Kier alpha value is -6.82. The lowest BCUT2D eigenvalue weighted by Crippen LogP contribution is -2.34. The van der Waals surface area contributed by atoms with Crippen molar-refractivity contribution in [3.05, 3.63) is 148 Å². The molecule has 19 heteroatoms. The van der Waals surface area contributed by atoms with E-state index in [0.29, 0.717) is 81.7 Å². The molecule has 2 fully saturated rings. The Labute approximate surface area is 444 Å². The van der Waals surface area contributed by atoms with Gasteiger partial charge in [0.25, 0.3) is 17.0 Å². The molecule has 75 heavy (non-hydrogen) atoms. The Morgan fingerprint density at radius 3 is 1.68 bits per heavy atom. The highest BCUT2D eigenvalue weighted by Gasteiger charge is 2.35. The summed E-state index contributed by atoms with van der Waals surface area (Å²) in [4.78, 5) is 66.4. The molecule has 2 aromatic carbocycles. The zero-order valence-electron chi connectivity index (χ0n) is 43.2. The quantitative estimate of drug-likeness (QED) is 0.0609. The Balaban J connectivity index is 0.000000203. The summed E-state index contributed by atoms with van der Waals surface area (Å²) in [6, 6.07) is 13.5. The summed E-state index contributed by atoms with van der Waals surface area (Å²) in [5.74, 6) is -2.07. The number of H-pyrrole nitrogens is 2.